The van der Waals surface area contributed by atoms with E-state index in [1.165, 1.54) is 173 Å². The molecule has 4 nitrogen and oxygen atoms in total. The van der Waals surface area contributed by atoms with Gasteiger partial charge in [0.2, 0.25) is 5.91 Å². The van der Waals surface area contributed by atoms with Crippen molar-refractivity contribution in [2.24, 2.45) is 0 Å². The Hall–Kier alpha value is -1.32. The second kappa shape index (κ2) is 41.7. The number of nitrogens with one attached hydrogen (secondary N) is 1. The van der Waals surface area contributed by atoms with Crippen LogP contribution in [-0.2, 0) is 14.3 Å². The highest BCUT2D eigenvalue weighted by atomic mass is 16.5. The highest BCUT2D eigenvalue weighted by Gasteiger charge is 2.01. The molecule has 0 radical (unpaired) electrons. The van der Waals surface area contributed by atoms with E-state index < -0.39 is 0 Å². The van der Waals surface area contributed by atoms with Gasteiger partial charge < -0.3 is 10.1 Å². The van der Waals surface area contributed by atoms with Crippen LogP contribution in [0.25, 0.3) is 0 Å². The molecule has 0 aromatic carbocycles. The lowest BCUT2D eigenvalue weighted by Crippen LogP contribution is -2.16. The summed E-state index contributed by atoms with van der Waals surface area (Å²) in [5.41, 5.74) is 0. The number of carbonyl (C=O) groups excluding carboxylic acids is 2. The molecule has 4 heteroatoms. The van der Waals surface area contributed by atoms with Gasteiger partial charge in [-0.2, -0.15) is 0 Å². The van der Waals surface area contributed by atoms with Gasteiger partial charge in [0, 0.05) is 19.9 Å². The fourth-order valence-electron chi connectivity index (χ4n) is 5.65. The molecule has 0 aromatic heterocycles. The number of esters is 1. The minimum Gasteiger partial charge on any atom is -0.461 e. The number of ether oxygens (including phenoxy) is 1. The highest BCUT2D eigenvalue weighted by Crippen LogP contribution is 2.15. The van der Waals surface area contributed by atoms with Gasteiger partial charge in [0.15, 0.2) is 0 Å². The maximum atomic E-state index is 11.3. The summed E-state index contributed by atoms with van der Waals surface area (Å²) in [4.78, 5) is 22.3. The third-order valence-electron chi connectivity index (χ3n) is 8.63. The first-order valence-corrected chi connectivity index (χ1v) is 19.6. The minimum absolute atomic E-state index is 0.0837. The zero-order valence-electron chi connectivity index (χ0n) is 30.3. The van der Waals surface area contributed by atoms with Crippen LogP contribution in [0, 0.1) is 0 Å². The van der Waals surface area contributed by atoms with E-state index in [4.69, 9.17) is 4.74 Å². The predicted octanol–water partition coefficient (Wildman–Crippen LogP) is 13.0. The first kappa shape index (κ1) is 44.8. The molecule has 262 valence electrons. The summed E-state index contributed by atoms with van der Waals surface area (Å²) in [6.07, 6.45) is 43.7. The van der Waals surface area contributed by atoms with Gasteiger partial charge in [0.25, 0.3) is 0 Å². The second-order valence-electron chi connectivity index (χ2n) is 13.0. The second-order valence-corrected chi connectivity index (χ2v) is 13.0. The number of rotatable bonds is 34. The van der Waals surface area contributed by atoms with Crippen LogP contribution in [0.5, 0.6) is 0 Å². The fraction of sp³-hybridized carbons (Fsp3) is 0.900. The van der Waals surface area contributed by atoms with E-state index in [1.54, 1.807) is 13.1 Å². The Morgan fingerprint density at radius 3 is 1.02 bits per heavy atom. The molecule has 44 heavy (non-hydrogen) atoms. The monoisotopic (exact) mass is 622 g/mol. The Morgan fingerprint density at radius 1 is 0.477 bits per heavy atom. The lowest BCUT2D eigenvalue weighted by Gasteiger charge is -2.04. The molecule has 0 aromatic rings. The molecular weight excluding hydrogens is 542 g/mol. The standard InChI is InChI=1S/C21H40O2.C19H39NO/c1-3-5-6-7-8-9-10-11-12-13-14-15-16-17-18-19-21(22)23-20-4-2;1-3-4-5-6-7-8-9-10-11-12-13-14-15-16-17-18-19(21)20-2/h4H,2-3,5-20H2,1H3;3-18H2,1-2H3,(H,20,21). The van der Waals surface area contributed by atoms with Gasteiger partial charge in [0.05, 0.1) is 0 Å². The summed E-state index contributed by atoms with van der Waals surface area (Å²) < 4.78 is 4.95. The average molecular weight is 622 g/mol. The summed E-state index contributed by atoms with van der Waals surface area (Å²) in [6, 6.07) is 0. The Balaban J connectivity index is 0. The first-order valence-electron chi connectivity index (χ1n) is 19.6. The molecule has 0 saturated heterocycles. The number of hydrogen-bond donors (Lipinski definition) is 1. The van der Waals surface area contributed by atoms with E-state index >= 15 is 0 Å². The maximum Gasteiger partial charge on any atom is 0.306 e. The zero-order chi connectivity index (χ0) is 32.6. The molecule has 0 atom stereocenters. The summed E-state index contributed by atoms with van der Waals surface area (Å²) >= 11 is 0. The Kier molecular flexibility index (Phi) is 42.4. The smallest absolute Gasteiger partial charge is 0.306 e. The van der Waals surface area contributed by atoms with E-state index in [-0.39, 0.29) is 11.9 Å². The van der Waals surface area contributed by atoms with Crippen molar-refractivity contribution >= 4 is 11.9 Å². The Labute approximate surface area is 276 Å². The normalized spacial score (nSPS) is 10.7. The van der Waals surface area contributed by atoms with Crippen LogP contribution in [-0.4, -0.2) is 25.5 Å². The van der Waals surface area contributed by atoms with Gasteiger partial charge in [-0.1, -0.05) is 206 Å². The van der Waals surface area contributed by atoms with Crippen molar-refractivity contribution in [1.82, 2.24) is 5.32 Å². The van der Waals surface area contributed by atoms with Crippen LogP contribution in [0.1, 0.15) is 219 Å². The fourth-order valence-corrected chi connectivity index (χ4v) is 5.65. The minimum atomic E-state index is -0.0837. The van der Waals surface area contributed by atoms with Crippen LogP contribution in [0.3, 0.4) is 0 Å². The van der Waals surface area contributed by atoms with Crippen molar-refractivity contribution in [2.45, 2.75) is 219 Å². The van der Waals surface area contributed by atoms with Crippen LogP contribution < -0.4 is 5.32 Å². The van der Waals surface area contributed by atoms with Crippen molar-refractivity contribution in [3.63, 3.8) is 0 Å². The van der Waals surface area contributed by atoms with Crippen LogP contribution in [0.2, 0.25) is 0 Å². The molecule has 0 aliphatic rings. The first-order chi connectivity index (χ1) is 21.6. The highest BCUT2D eigenvalue weighted by molar-refractivity contribution is 5.75. The third-order valence-corrected chi connectivity index (χ3v) is 8.63. The maximum absolute atomic E-state index is 11.3. The molecule has 0 saturated carbocycles. The van der Waals surface area contributed by atoms with E-state index in [0.717, 1.165) is 19.3 Å². The average Bonchev–Trinajstić information content (AvgIpc) is 3.03. The van der Waals surface area contributed by atoms with E-state index in [0.29, 0.717) is 19.4 Å². The molecule has 0 unspecified atom stereocenters. The Bertz CT molecular complexity index is 577. The van der Waals surface area contributed by atoms with Crippen LogP contribution in [0.15, 0.2) is 12.7 Å². The van der Waals surface area contributed by atoms with Crippen LogP contribution >= 0.6 is 0 Å². The Morgan fingerprint density at radius 2 is 0.750 bits per heavy atom. The molecule has 0 aliphatic carbocycles. The molecule has 1 amide bonds. The van der Waals surface area contributed by atoms with Gasteiger partial charge in [-0.25, -0.2) is 0 Å². The lowest BCUT2D eigenvalue weighted by atomic mass is 10.0. The lowest BCUT2D eigenvalue weighted by molar-refractivity contribution is -0.142. The number of unbranched alkanes of at least 4 members (excludes halogenated alkanes) is 28. The molecule has 0 fully saturated rings. The number of carbonyl (C=O) groups is 2. The molecule has 0 bridgehead atoms. The molecule has 0 spiro atoms. The van der Waals surface area contributed by atoms with E-state index in [1.807, 2.05) is 0 Å². The topological polar surface area (TPSA) is 55.4 Å². The summed E-state index contributed by atoms with van der Waals surface area (Å²) in [5, 5.41) is 2.68. The molecule has 1 N–H and O–H groups in total. The van der Waals surface area contributed by atoms with Gasteiger partial charge in [-0.05, 0) is 12.8 Å². The molecule has 0 aliphatic heterocycles. The van der Waals surface area contributed by atoms with Gasteiger partial charge >= 0.3 is 5.97 Å². The van der Waals surface area contributed by atoms with Gasteiger partial charge in [0.1, 0.15) is 6.61 Å². The van der Waals surface area contributed by atoms with Crippen molar-refractivity contribution in [3.05, 3.63) is 12.7 Å². The van der Waals surface area contributed by atoms with Gasteiger partial charge in [-0.15, -0.1) is 0 Å². The summed E-state index contributed by atoms with van der Waals surface area (Å²) in [5.74, 6) is 0.101. The summed E-state index contributed by atoms with van der Waals surface area (Å²) in [7, 11) is 1.72. The van der Waals surface area contributed by atoms with Crippen molar-refractivity contribution in [1.29, 1.82) is 0 Å². The molecule has 0 heterocycles. The number of hydrogen-bond acceptors (Lipinski definition) is 3. The van der Waals surface area contributed by atoms with Crippen molar-refractivity contribution in [3.8, 4) is 0 Å². The quantitative estimate of drug-likeness (QED) is 0.0442. The van der Waals surface area contributed by atoms with Crippen molar-refractivity contribution < 1.29 is 14.3 Å². The third kappa shape index (κ3) is 42.8. The zero-order valence-corrected chi connectivity index (χ0v) is 30.3. The van der Waals surface area contributed by atoms with Crippen LogP contribution in [0.4, 0.5) is 0 Å². The molecular formula is C40H79NO3. The van der Waals surface area contributed by atoms with Gasteiger partial charge in [-0.3, -0.25) is 9.59 Å². The SMILES string of the molecule is C=CCOC(=O)CCCCCCCCCCCCCCCCC.CCCCCCCCCCCCCCCCCC(=O)NC. The molecule has 0 rings (SSSR count). The van der Waals surface area contributed by atoms with E-state index in [9.17, 15) is 9.59 Å². The number of amides is 1. The summed E-state index contributed by atoms with van der Waals surface area (Å²) in [6.45, 7) is 8.43. The predicted molar refractivity (Wildman–Crippen MR) is 194 cm³/mol. The van der Waals surface area contributed by atoms with Crippen molar-refractivity contribution in [2.75, 3.05) is 13.7 Å². The largest absolute Gasteiger partial charge is 0.461 e. The van der Waals surface area contributed by atoms with E-state index in [2.05, 4.69) is 25.7 Å².